The predicted octanol–water partition coefficient (Wildman–Crippen LogP) is 0.901. The third-order valence-electron chi connectivity index (χ3n) is 1.97. The average Bonchev–Trinajstić information content (AvgIpc) is 2.25. The van der Waals surface area contributed by atoms with Crippen molar-refractivity contribution in [3.05, 3.63) is 28.4 Å². The molecular weight excluding hydrogens is 214 g/mol. The number of carboxylic acid groups (broad SMARTS) is 1. The van der Waals surface area contributed by atoms with Crippen LogP contribution in [0.1, 0.15) is 6.92 Å². The van der Waals surface area contributed by atoms with E-state index in [9.17, 15) is 14.9 Å². The van der Waals surface area contributed by atoms with Gasteiger partial charge < -0.3 is 10.0 Å². The van der Waals surface area contributed by atoms with E-state index in [1.165, 1.54) is 23.2 Å². The van der Waals surface area contributed by atoms with Gasteiger partial charge in [0.1, 0.15) is 6.54 Å². The molecule has 1 rings (SSSR count). The normalized spacial score (nSPS) is 9.81. The van der Waals surface area contributed by atoms with Gasteiger partial charge in [-0.25, -0.2) is 4.98 Å². The van der Waals surface area contributed by atoms with Crippen LogP contribution in [0.4, 0.5) is 11.5 Å². The molecule has 1 N–H and O–H groups in total. The van der Waals surface area contributed by atoms with Crippen LogP contribution in [0, 0.1) is 10.1 Å². The molecule has 0 saturated heterocycles. The predicted molar refractivity (Wildman–Crippen MR) is 56.4 cm³/mol. The van der Waals surface area contributed by atoms with E-state index in [2.05, 4.69) is 4.98 Å². The van der Waals surface area contributed by atoms with Crippen molar-refractivity contribution in [1.82, 2.24) is 4.98 Å². The molecule has 1 heterocycles. The molecule has 0 amide bonds. The van der Waals surface area contributed by atoms with E-state index < -0.39 is 10.9 Å². The van der Waals surface area contributed by atoms with Crippen molar-refractivity contribution in [2.75, 3.05) is 18.0 Å². The van der Waals surface area contributed by atoms with Gasteiger partial charge in [-0.2, -0.15) is 0 Å². The summed E-state index contributed by atoms with van der Waals surface area (Å²) in [4.78, 5) is 25.9. The zero-order valence-electron chi connectivity index (χ0n) is 8.66. The number of nitro groups is 1. The van der Waals surface area contributed by atoms with Gasteiger partial charge in [-0.1, -0.05) is 0 Å². The van der Waals surface area contributed by atoms with Crippen LogP contribution in [0.2, 0.25) is 0 Å². The van der Waals surface area contributed by atoms with E-state index in [0.29, 0.717) is 6.54 Å². The molecule has 0 aliphatic heterocycles. The third-order valence-corrected chi connectivity index (χ3v) is 1.97. The van der Waals surface area contributed by atoms with Crippen molar-refractivity contribution in [2.24, 2.45) is 0 Å². The van der Waals surface area contributed by atoms with Gasteiger partial charge in [-0.3, -0.25) is 14.9 Å². The zero-order valence-corrected chi connectivity index (χ0v) is 8.66. The Hall–Kier alpha value is -2.18. The molecule has 0 bridgehead atoms. The van der Waals surface area contributed by atoms with Crippen LogP contribution in [0.5, 0.6) is 0 Å². The number of aliphatic carboxylic acids is 1. The lowest BCUT2D eigenvalue weighted by Crippen LogP contribution is -2.30. The van der Waals surface area contributed by atoms with Crippen LogP contribution in [0.15, 0.2) is 18.3 Å². The fourth-order valence-corrected chi connectivity index (χ4v) is 1.27. The SMILES string of the molecule is CCN(CC(=O)O)c1ncccc1[N+](=O)[O-]. The van der Waals surface area contributed by atoms with E-state index in [0.717, 1.165) is 0 Å². The lowest BCUT2D eigenvalue weighted by atomic mass is 10.3. The molecule has 0 saturated carbocycles. The number of aromatic nitrogens is 1. The summed E-state index contributed by atoms with van der Waals surface area (Å²) in [6.45, 7) is 1.74. The summed E-state index contributed by atoms with van der Waals surface area (Å²) in [6.07, 6.45) is 1.40. The Morgan fingerprint density at radius 3 is 2.88 bits per heavy atom. The molecule has 0 aromatic carbocycles. The number of hydrogen-bond donors (Lipinski definition) is 1. The smallest absolute Gasteiger partial charge is 0.323 e. The summed E-state index contributed by atoms with van der Waals surface area (Å²) in [6, 6.07) is 2.74. The molecule has 0 radical (unpaired) electrons. The van der Waals surface area contributed by atoms with Crippen LogP contribution in [0.3, 0.4) is 0 Å². The van der Waals surface area contributed by atoms with Gasteiger partial charge in [0.15, 0.2) is 0 Å². The van der Waals surface area contributed by atoms with E-state index in [1.54, 1.807) is 6.92 Å². The van der Waals surface area contributed by atoms with Crippen LogP contribution in [-0.4, -0.2) is 34.1 Å². The first-order valence-corrected chi connectivity index (χ1v) is 4.62. The Kier molecular flexibility index (Phi) is 3.76. The summed E-state index contributed by atoms with van der Waals surface area (Å²) in [7, 11) is 0. The summed E-state index contributed by atoms with van der Waals surface area (Å²) >= 11 is 0. The summed E-state index contributed by atoms with van der Waals surface area (Å²) in [5.74, 6) is -0.973. The zero-order chi connectivity index (χ0) is 12.1. The molecule has 7 heteroatoms. The van der Waals surface area contributed by atoms with Gasteiger partial charge in [0.05, 0.1) is 4.92 Å². The van der Waals surface area contributed by atoms with Crippen molar-refractivity contribution in [3.63, 3.8) is 0 Å². The second kappa shape index (κ2) is 5.06. The topological polar surface area (TPSA) is 96.6 Å². The van der Waals surface area contributed by atoms with Crippen LogP contribution in [-0.2, 0) is 4.79 Å². The third kappa shape index (κ3) is 2.66. The number of anilines is 1. The Morgan fingerprint density at radius 2 is 2.38 bits per heavy atom. The molecule has 0 fully saturated rings. The van der Waals surface area contributed by atoms with Crippen molar-refractivity contribution >= 4 is 17.5 Å². The minimum absolute atomic E-state index is 0.0809. The first-order valence-electron chi connectivity index (χ1n) is 4.62. The molecular formula is C9H11N3O4. The van der Waals surface area contributed by atoms with Crippen LogP contribution < -0.4 is 4.90 Å². The molecule has 0 atom stereocenters. The second-order valence-corrected chi connectivity index (χ2v) is 3.01. The second-order valence-electron chi connectivity index (χ2n) is 3.01. The number of hydrogen-bond acceptors (Lipinski definition) is 5. The van der Waals surface area contributed by atoms with Gasteiger partial charge in [0.25, 0.3) is 0 Å². The van der Waals surface area contributed by atoms with E-state index in [1.807, 2.05) is 0 Å². The minimum atomic E-state index is -1.05. The Balaban J connectivity index is 3.08. The number of carbonyl (C=O) groups is 1. The van der Waals surface area contributed by atoms with Crippen molar-refractivity contribution in [2.45, 2.75) is 6.92 Å². The Morgan fingerprint density at radius 1 is 1.69 bits per heavy atom. The maximum atomic E-state index is 10.7. The van der Waals surface area contributed by atoms with Gasteiger partial charge in [0.2, 0.25) is 5.82 Å². The van der Waals surface area contributed by atoms with Crippen LogP contribution in [0.25, 0.3) is 0 Å². The lowest BCUT2D eigenvalue weighted by molar-refractivity contribution is -0.384. The van der Waals surface area contributed by atoms with Crippen molar-refractivity contribution in [3.8, 4) is 0 Å². The van der Waals surface area contributed by atoms with Gasteiger partial charge in [-0.15, -0.1) is 0 Å². The molecule has 1 aromatic heterocycles. The highest BCUT2D eigenvalue weighted by atomic mass is 16.6. The quantitative estimate of drug-likeness (QED) is 0.590. The van der Waals surface area contributed by atoms with Gasteiger partial charge in [-0.05, 0) is 13.0 Å². The number of rotatable bonds is 5. The summed E-state index contributed by atoms with van der Waals surface area (Å²) in [5.41, 5.74) is -0.189. The number of carboxylic acids is 1. The van der Waals surface area contributed by atoms with Crippen molar-refractivity contribution < 1.29 is 14.8 Å². The monoisotopic (exact) mass is 225 g/mol. The molecule has 1 aromatic rings. The molecule has 0 unspecified atom stereocenters. The molecule has 16 heavy (non-hydrogen) atoms. The fraction of sp³-hybridized carbons (Fsp3) is 0.333. The maximum Gasteiger partial charge on any atom is 0.323 e. The van der Waals surface area contributed by atoms with E-state index >= 15 is 0 Å². The maximum absolute atomic E-state index is 10.7. The average molecular weight is 225 g/mol. The number of pyridine rings is 1. The minimum Gasteiger partial charge on any atom is -0.480 e. The molecule has 0 aliphatic rings. The highest BCUT2D eigenvalue weighted by Gasteiger charge is 2.20. The summed E-state index contributed by atoms with van der Waals surface area (Å²) < 4.78 is 0. The van der Waals surface area contributed by atoms with Gasteiger partial charge >= 0.3 is 11.7 Å². The van der Waals surface area contributed by atoms with Crippen molar-refractivity contribution in [1.29, 1.82) is 0 Å². The van der Waals surface area contributed by atoms with E-state index in [-0.39, 0.29) is 18.1 Å². The number of nitrogens with zero attached hydrogens (tertiary/aromatic N) is 3. The Bertz CT molecular complexity index is 407. The fourth-order valence-electron chi connectivity index (χ4n) is 1.27. The highest BCUT2D eigenvalue weighted by molar-refractivity contribution is 5.74. The standard InChI is InChI=1S/C9H11N3O4/c1-2-11(6-8(13)14)9-7(12(15)16)4-3-5-10-9/h3-5H,2,6H2,1H3,(H,13,14). The Labute approximate surface area is 91.5 Å². The highest BCUT2D eigenvalue weighted by Crippen LogP contribution is 2.24. The molecule has 86 valence electrons. The molecule has 0 spiro atoms. The largest absolute Gasteiger partial charge is 0.480 e. The molecule has 7 nitrogen and oxygen atoms in total. The van der Waals surface area contributed by atoms with E-state index in [4.69, 9.17) is 5.11 Å². The van der Waals surface area contributed by atoms with Crippen LogP contribution >= 0.6 is 0 Å². The molecule has 0 aliphatic carbocycles. The first kappa shape index (κ1) is 11.9. The number of likely N-dealkylation sites (N-methyl/N-ethyl adjacent to an activating group) is 1. The first-order chi connectivity index (χ1) is 7.56. The van der Waals surface area contributed by atoms with Gasteiger partial charge in [0, 0.05) is 18.8 Å². The summed E-state index contributed by atoms with van der Waals surface area (Å²) in [5, 5.41) is 19.4. The lowest BCUT2D eigenvalue weighted by Gasteiger charge is -2.18.